The van der Waals surface area contributed by atoms with Crippen LogP contribution in [0.15, 0.2) is 36.6 Å². The molecule has 0 aromatic carbocycles. The largest absolute Gasteiger partial charge is 0.497 e. The van der Waals surface area contributed by atoms with Crippen molar-refractivity contribution in [2.24, 2.45) is 0 Å². The van der Waals surface area contributed by atoms with Gasteiger partial charge in [-0.2, -0.15) is 0 Å². The van der Waals surface area contributed by atoms with E-state index in [0.717, 1.165) is 11.9 Å². The van der Waals surface area contributed by atoms with Gasteiger partial charge in [0, 0.05) is 6.42 Å². The average molecular weight is 166 g/mol. The van der Waals surface area contributed by atoms with E-state index in [-0.39, 0.29) is 0 Å². The maximum atomic E-state index is 10.0. The fourth-order valence-electron chi connectivity index (χ4n) is 0.719. The van der Waals surface area contributed by atoms with Gasteiger partial charge in [-0.25, -0.2) is 0 Å². The molecule has 66 valence electrons. The molecule has 0 saturated carbocycles. The highest BCUT2D eigenvalue weighted by molar-refractivity contribution is 5.50. The van der Waals surface area contributed by atoms with Gasteiger partial charge in [-0.15, -0.1) is 0 Å². The van der Waals surface area contributed by atoms with Crippen LogP contribution in [0.1, 0.15) is 12.8 Å². The van der Waals surface area contributed by atoms with Gasteiger partial charge in [0.15, 0.2) is 0 Å². The molecule has 0 aromatic rings. The zero-order valence-corrected chi connectivity index (χ0v) is 7.38. The van der Waals surface area contributed by atoms with Gasteiger partial charge in [0.05, 0.1) is 7.11 Å². The summed E-state index contributed by atoms with van der Waals surface area (Å²) in [6.07, 6.45) is 5.43. The van der Waals surface area contributed by atoms with Gasteiger partial charge < -0.3 is 9.53 Å². The highest BCUT2D eigenvalue weighted by atomic mass is 16.5. The molecule has 0 aliphatic heterocycles. The van der Waals surface area contributed by atoms with Crippen LogP contribution in [0.3, 0.4) is 0 Å². The van der Waals surface area contributed by atoms with Crippen LogP contribution in [0.25, 0.3) is 0 Å². The maximum absolute atomic E-state index is 10.0. The third kappa shape index (κ3) is 4.50. The molecule has 0 N–H and O–H groups in total. The van der Waals surface area contributed by atoms with Crippen LogP contribution in [-0.4, -0.2) is 13.4 Å². The third-order valence-corrected chi connectivity index (χ3v) is 1.37. The molecule has 2 nitrogen and oxygen atoms in total. The molecule has 0 heterocycles. The summed E-state index contributed by atoms with van der Waals surface area (Å²) < 4.78 is 4.94. The Morgan fingerprint density at radius 3 is 2.67 bits per heavy atom. The van der Waals surface area contributed by atoms with Crippen LogP contribution >= 0.6 is 0 Å². The van der Waals surface area contributed by atoms with E-state index in [2.05, 4.69) is 13.2 Å². The Hall–Kier alpha value is -1.31. The fourth-order valence-corrected chi connectivity index (χ4v) is 0.719. The number of carbonyl (C=O) groups excluding carboxylic acids is 1. The lowest BCUT2D eigenvalue weighted by molar-refractivity contribution is -0.107. The Morgan fingerprint density at radius 1 is 1.58 bits per heavy atom. The summed E-state index contributed by atoms with van der Waals surface area (Å²) in [4.78, 5) is 10.0. The van der Waals surface area contributed by atoms with Crippen molar-refractivity contribution in [3.05, 3.63) is 36.6 Å². The first-order valence-electron chi connectivity index (χ1n) is 3.74. The number of hydrogen-bond acceptors (Lipinski definition) is 2. The molecule has 0 aromatic heterocycles. The van der Waals surface area contributed by atoms with Crippen molar-refractivity contribution in [3.8, 4) is 0 Å². The van der Waals surface area contributed by atoms with Crippen molar-refractivity contribution in [2.75, 3.05) is 7.11 Å². The summed E-state index contributed by atoms with van der Waals surface area (Å²) in [6, 6.07) is 0. The van der Waals surface area contributed by atoms with Gasteiger partial charge in [0.25, 0.3) is 0 Å². The molecule has 0 aliphatic rings. The van der Waals surface area contributed by atoms with Crippen LogP contribution in [-0.2, 0) is 9.53 Å². The van der Waals surface area contributed by atoms with Crippen LogP contribution in [0.5, 0.6) is 0 Å². The Bertz CT molecular complexity index is 202. The molecule has 2 heteroatoms. The van der Waals surface area contributed by atoms with E-state index in [0.29, 0.717) is 18.6 Å². The van der Waals surface area contributed by atoms with E-state index in [1.807, 2.05) is 0 Å². The third-order valence-electron chi connectivity index (χ3n) is 1.37. The Morgan fingerprint density at radius 2 is 2.25 bits per heavy atom. The lowest BCUT2D eigenvalue weighted by Crippen LogP contribution is -1.84. The van der Waals surface area contributed by atoms with Crippen molar-refractivity contribution in [3.63, 3.8) is 0 Å². The number of allylic oxidation sites excluding steroid dienone is 3. The van der Waals surface area contributed by atoms with E-state index in [4.69, 9.17) is 4.74 Å². The molecule has 0 unspecified atom stereocenters. The van der Waals surface area contributed by atoms with E-state index in [9.17, 15) is 4.79 Å². The SMILES string of the molecule is C=C/C(=C\C(=C)CCC=O)OC. The summed E-state index contributed by atoms with van der Waals surface area (Å²) in [6.45, 7) is 7.33. The summed E-state index contributed by atoms with van der Waals surface area (Å²) >= 11 is 0. The number of methoxy groups -OCH3 is 1. The normalized spacial score (nSPS) is 10.6. The standard InChI is InChI=1S/C10H14O2/c1-4-10(12-3)8-9(2)6-5-7-11/h4,7-8H,1-2,5-6H2,3H3/b10-8+. The second-order valence-corrected chi connectivity index (χ2v) is 2.32. The molecular weight excluding hydrogens is 152 g/mol. The van der Waals surface area contributed by atoms with Crippen molar-refractivity contribution < 1.29 is 9.53 Å². The fraction of sp³-hybridized carbons (Fsp3) is 0.300. The van der Waals surface area contributed by atoms with Crippen molar-refractivity contribution in [2.45, 2.75) is 12.8 Å². The predicted octanol–water partition coefficient (Wildman–Crippen LogP) is 2.24. The van der Waals surface area contributed by atoms with E-state index >= 15 is 0 Å². The van der Waals surface area contributed by atoms with Gasteiger partial charge in [0.2, 0.25) is 0 Å². The highest BCUT2D eigenvalue weighted by Gasteiger charge is 1.92. The molecule has 0 aliphatic carbocycles. The lowest BCUT2D eigenvalue weighted by atomic mass is 10.1. The summed E-state index contributed by atoms with van der Waals surface area (Å²) in [7, 11) is 1.57. The van der Waals surface area contributed by atoms with Gasteiger partial charge in [-0.05, 0) is 18.6 Å². The lowest BCUT2D eigenvalue weighted by Gasteiger charge is -2.00. The molecule has 0 atom stereocenters. The van der Waals surface area contributed by atoms with Crippen molar-refractivity contribution in [1.82, 2.24) is 0 Å². The monoisotopic (exact) mass is 166 g/mol. The smallest absolute Gasteiger partial charge is 0.120 e. The summed E-state index contributed by atoms with van der Waals surface area (Å²) in [5.41, 5.74) is 0.874. The number of carbonyl (C=O) groups is 1. The summed E-state index contributed by atoms with van der Waals surface area (Å²) in [5.74, 6) is 0.672. The van der Waals surface area contributed by atoms with E-state index in [1.165, 1.54) is 0 Å². The second kappa shape index (κ2) is 6.40. The molecule has 0 fully saturated rings. The Balaban J connectivity index is 4.01. The first kappa shape index (κ1) is 10.7. The number of ether oxygens (including phenoxy) is 1. The molecular formula is C10H14O2. The first-order chi connectivity index (χ1) is 5.74. The number of rotatable bonds is 6. The minimum absolute atomic E-state index is 0.503. The minimum atomic E-state index is 0.503. The minimum Gasteiger partial charge on any atom is -0.497 e. The summed E-state index contributed by atoms with van der Waals surface area (Å²) in [5, 5.41) is 0. The Kier molecular flexibility index (Phi) is 5.70. The molecule has 12 heavy (non-hydrogen) atoms. The van der Waals surface area contributed by atoms with E-state index < -0.39 is 0 Å². The number of hydrogen-bond donors (Lipinski definition) is 0. The second-order valence-electron chi connectivity index (χ2n) is 2.32. The topological polar surface area (TPSA) is 26.3 Å². The zero-order chi connectivity index (χ0) is 9.40. The van der Waals surface area contributed by atoms with Gasteiger partial charge >= 0.3 is 0 Å². The van der Waals surface area contributed by atoms with Gasteiger partial charge in [0.1, 0.15) is 12.0 Å². The van der Waals surface area contributed by atoms with Crippen molar-refractivity contribution in [1.29, 1.82) is 0 Å². The molecule has 0 spiro atoms. The Labute approximate surface area is 73.2 Å². The van der Waals surface area contributed by atoms with Gasteiger partial charge in [-0.1, -0.05) is 18.7 Å². The zero-order valence-electron chi connectivity index (χ0n) is 7.38. The number of aldehydes is 1. The molecule has 0 amide bonds. The molecule has 0 bridgehead atoms. The van der Waals surface area contributed by atoms with Crippen molar-refractivity contribution >= 4 is 6.29 Å². The molecule has 0 radical (unpaired) electrons. The first-order valence-corrected chi connectivity index (χ1v) is 3.74. The van der Waals surface area contributed by atoms with Crippen LogP contribution in [0.2, 0.25) is 0 Å². The van der Waals surface area contributed by atoms with Crippen LogP contribution in [0.4, 0.5) is 0 Å². The van der Waals surface area contributed by atoms with Crippen LogP contribution in [0, 0.1) is 0 Å². The van der Waals surface area contributed by atoms with Gasteiger partial charge in [-0.3, -0.25) is 0 Å². The van der Waals surface area contributed by atoms with E-state index in [1.54, 1.807) is 19.3 Å². The predicted molar refractivity (Wildman–Crippen MR) is 49.7 cm³/mol. The molecule has 0 rings (SSSR count). The maximum Gasteiger partial charge on any atom is 0.120 e. The van der Waals surface area contributed by atoms with Crippen LogP contribution < -0.4 is 0 Å². The quantitative estimate of drug-likeness (QED) is 0.343. The highest BCUT2D eigenvalue weighted by Crippen LogP contribution is 2.07. The molecule has 0 saturated heterocycles. The average Bonchev–Trinajstić information content (AvgIpc) is 2.10.